The van der Waals surface area contributed by atoms with Crippen LogP contribution in [0.25, 0.3) is 10.8 Å². The van der Waals surface area contributed by atoms with Crippen LogP contribution in [0.1, 0.15) is 31.4 Å². The van der Waals surface area contributed by atoms with Gasteiger partial charge in [0.2, 0.25) is 5.91 Å². The molecule has 0 aliphatic carbocycles. The highest BCUT2D eigenvalue weighted by atomic mass is 19.1. The van der Waals surface area contributed by atoms with Crippen molar-refractivity contribution in [1.82, 2.24) is 20.4 Å². The van der Waals surface area contributed by atoms with Crippen molar-refractivity contribution in [3.8, 4) is 0 Å². The van der Waals surface area contributed by atoms with E-state index in [1.807, 2.05) is 4.90 Å². The molecule has 0 unspecified atom stereocenters. The van der Waals surface area contributed by atoms with Gasteiger partial charge in [-0.25, -0.2) is 14.5 Å². The fraction of sp³-hybridized carbons (Fsp3) is 0.450. The third-order valence-corrected chi connectivity index (χ3v) is 6.10. The second-order valence-electron chi connectivity index (χ2n) is 7.70. The highest BCUT2D eigenvalue weighted by Gasteiger charge is 2.41. The Morgan fingerprint density at radius 2 is 2.13 bits per heavy atom. The van der Waals surface area contributed by atoms with E-state index < -0.39 is 11.4 Å². The molecule has 4 rings (SSSR count). The molecule has 2 aromatic rings. The third-order valence-electron chi connectivity index (χ3n) is 6.10. The monoisotopic (exact) mass is 413 g/mol. The molecule has 3 heterocycles. The van der Waals surface area contributed by atoms with Gasteiger partial charge in [0.25, 0.3) is 5.56 Å². The van der Waals surface area contributed by atoms with Crippen molar-refractivity contribution in [3.63, 3.8) is 0 Å². The second-order valence-corrected chi connectivity index (χ2v) is 7.70. The first kappa shape index (κ1) is 20.0. The third kappa shape index (κ3) is 3.31. The number of aromatic amines is 1. The molecular formula is C20H24FN7O2. The molecule has 0 radical (unpaired) electrons. The zero-order valence-corrected chi connectivity index (χ0v) is 16.8. The van der Waals surface area contributed by atoms with E-state index in [1.54, 1.807) is 14.0 Å². The van der Waals surface area contributed by atoms with Gasteiger partial charge in [0, 0.05) is 44.2 Å². The van der Waals surface area contributed by atoms with Crippen LogP contribution in [0, 0.1) is 17.1 Å². The molecule has 0 bridgehead atoms. The van der Waals surface area contributed by atoms with Crippen molar-refractivity contribution in [3.05, 3.63) is 34.0 Å². The minimum atomic E-state index is -0.502. The van der Waals surface area contributed by atoms with Crippen LogP contribution in [-0.2, 0) is 4.79 Å². The van der Waals surface area contributed by atoms with Gasteiger partial charge in [-0.15, -0.1) is 0 Å². The number of halogens is 1. The van der Waals surface area contributed by atoms with E-state index in [0.717, 1.165) is 19.2 Å². The molecule has 1 amide bonds. The standard InChI is InChI=1S/C20H24FN7O2/c1-10(29)28-5-3-11(4-6-28)17-16(19(23-2)24-9-22)18-15-13(20(30)27-26-18)7-12(21)8-14(15)25-17/h7-9,11,16-17,25H,3-6H2,1-2H3,(H,27,30)(H2,22,23,24)/t16-,17-/m0/s1. The van der Waals surface area contributed by atoms with Crippen molar-refractivity contribution >= 4 is 34.5 Å². The van der Waals surface area contributed by atoms with Gasteiger partial charge in [-0.05, 0) is 30.9 Å². The number of aliphatic imine (C=N–C) groups is 1. The van der Waals surface area contributed by atoms with E-state index in [-0.39, 0.29) is 29.2 Å². The number of likely N-dealkylation sites (N-methyl/N-ethyl adjacent to an activating group) is 1. The number of benzene rings is 1. The predicted octanol–water partition coefficient (Wildman–Crippen LogP) is 1.42. The minimum absolute atomic E-state index is 0.0549. The molecule has 2 atom stereocenters. The first-order valence-electron chi connectivity index (χ1n) is 9.92. The quantitative estimate of drug-likeness (QED) is 0.447. The summed E-state index contributed by atoms with van der Waals surface area (Å²) in [6.45, 7) is 2.86. The minimum Gasteiger partial charge on any atom is -0.380 e. The maximum Gasteiger partial charge on any atom is 0.272 e. The van der Waals surface area contributed by atoms with Gasteiger partial charge in [0.05, 0.1) is 17.0 Å². The average molecular weight is 413 g/mol. The van der Waals surface area contributed by atoms with E-state index in [0.29, 0.717) is 35.7 Å². The van der Waals surface area contributed by atoms with Crippen LogP contribution in [0.4, 0.5) is 10.1 Å². The molecule has 10 heteroatoms. The first-order chi connectivity index (χ1) is 14.4. The van der Waals surface area contributed by atoms with Crippen molar-refractivity contribution < 1.29 is 9.18 Å². The number of rotatable bonds is 3. The lowest BCUT2D eigenvalue weighted by molar-refractivity contribution is -0.130. The van der Waals surface area contributed by atoms with Crippen LogP contribution < -0.4 is 16.2 Å². The SMILES string of the molecule is CN/C(=N\C=N)[C@@H]1c2n[nH]c(=O)c3cc(F)cc(c23)N[C@H]1C1CCN(C(C)=O)CC1. The average Bonchev–Trinajstić information content (AvgIpc) is 2.74. The van der Waals surface area contributed by atoms with E-state index >= 15 is 0 Å². The molecule has 2 aliphatic heterocycles. The van der Waals surface area contributed by atoms with Crippen LogP contribution in [0.2, 0.25) is 0 Å². The Morgan fingerprint density at radius 3 is 2.77 bits per heavy atom. The van der Waals surface area contributed by atoms with Crippen LogP contribution in [0.15, 0.2) is 21.9 Å². The lowest BCUT2D eigenvalue weighted by Crippen LogP contribution is -2.49. The van der Waals surface area contributed by atoms with Gasteiger partial charge in [0.15, 0.2) is 0 Å². The molecule has 158 valence electrons. The second kappa shape index (κ2) is 7.85. The molecule has 9 nitrogen and oxygen atoms in total. The summed E-state index contributed by atoms with van der Waals surface area (Å²) in [5.41, 5.74) is 0.657. The van der Waals surface area contributed by atoms with E-state index in [2.05, 4.69) is 25.8 Å². The maximum absolute atomic E-state index is 14.2. The highest BCUT2D eigenvalue weighted by molar-refractivity contribution is 6.03. The number of carbonyl (C=O) groups is 1. The lowest BCUT2D eigenvalue weighted by atomic mass is 9.76. The summed E-state index contributed by atoms with van der Waals surface area (Å²) in [5, 5.41) is 21.5. The Balaban J connectivity index is 1.84. The number of carbonyl (C=O) groups excluding carboxylic acids is 1. The Bertz CT molecular complexity index is 1090. The van der Waals surface area contributed by atoms with E-state index in [1.165, 1.54) is 12.1 Å². The Morgan fingerprint density at radius 1 is 1.40 bits per heavy atom. The van der Waals surface area contributed by atoms with E-state index in [4.69, 9.17) is 5.41 Å². The number of anilines is 1. The number of hydrogen-bond acceptors (Lipinski definition) is 5. The Hall–Kier alpha value is -3.30. The largest absolute Gasteiger partial charge is 0.380 e. The number of amides is 1. The fourth-order valence-electron chi connectivity index (χ4n) is 4.69. The molecule has 1 fully saturated rings. The van der Waals surface area contributed by atoms with Gasteiger partial charge < -0.3 is 15.5 Å². The molecule has 0 saturated carbocycles. The zero-order chi connectivity index (χ0) is 21.4. The summed E-state index contributed by atoms with van der Waals surface area (Å²) in [7, 11) is 1.72. The molecule has 2 aliphatic rings. The van der Waals surface area contributed by atoms with Crippen molar-refractivity contribution in [2.45, 2.75) is 31.7 Å². The molecule has 1 aromatic heterocycles. The number of nitrogens with one attached hydrogen (secondary N) is 4. The molecule has 1 aromatic carbocycles. The fourth-order valence-corrected chi connectivity index (χ4v) is 4.69. The summed E-state index contributed by atoms with van der Waals surface area (Å²) in [4.78, 5) is 30.0. The van der Waals surface area contributed by atoms with Crippen molar-refractivity contribution in [2.24, 2.45) is 10.9 Å². The number of nitrogens with zero attached hydrogens (tertiary/aromatic N) is 3. The van der Waals surface area contributed by atoms with Crippen LogP contribution in [0.3, 0.4) is 0 Å². The summed E-state index contributed by atoms with van der Waals surface area (Å²) in [5.74, 6) is -0.122. The first-order valence-corrected chi connectivity index (χ1v) is 9.92. The summed E-state index contributed by atoms with van der Waals surface area (Å²) >= 11 is 0. The van der Waals surface area contributed by atoms with Gasteiger partial charge in [-0.3, -0.25) is 15.0 Å². The van der Waals surface area contributed by atoms with Crippen molar-refractivity contribution in [1.29, 1.82) is 5.41 Å². The molecular weight excluding hydrogens is 389 g/mol. The topological polar surface area (TPSA) is 126 Å². The smallest absolute Gasteiger partial charge is 0.272 e. The number of H-pyrrole nitrogens is 1. The van der Waals surface area contributed by atoms with Crippen LogP contribution >= 0.6 is 0 Å². The highest BCUT2D eigenvalue weighted by Crippen LogP contribution is 2.41. The zero-order valence-electron chi connectivity index (χ0n) is 16.8. The predicted molar refractivity (Wildman–Crippen MR) is 113 cm³/mol. The number of piperidine rings is 1. The number of likely N-dealkylation sites (tertiary alicyclic amines) is 1. The van der Waals surface area contributed by atoms with Gasteiger partial charge in [-0.1, -0.05) is 0 Å². The number of hydrogen-bond donors (Lipinski definition) is 4. The Kier molecular flexibility index (Phi) is 5.23. The van der Waals surface area contributed by atoms with Crippen molar-refractivity contribution in [2.75, 3.05) is 25.5 Å². The molecule has 30 heavy (non-hydrogen) atoms. The number of aromatic nitrogens is 2. The van der Waals surface area contributed by atoms with Gasteiger partial charge >= 0.3 is 0 Å². The number of amidine groups is 1. The summed E-state index contributed by atoms with van der Waals surface area (Å²) in [6.07, 6.45) is 2.50. The van der Waals surface area contributed by atoms with E-state index in [9.17, 15) is 14.0 Å². The summed E-state index contributed by atoms with van der Waals surface area (Å²) in [6, 6.07) is 2.40. The molecule has 1 saturated heterocycles. The molecule has 4 N–H and O–H groups in total. The lowest BCUT2D eigenvalue weighted by Gasteiger charge is -2.42. The maximum atomic E-state index is 14.2. The molecule has 0 spiro atoms. The van der Waals surface area contributed by atoms with Gasteiger partial charge in [-0.2, -0.15) is 5.10 Å². The van der Waals surface area contributed by atoms with Crippen LogP contribution in [0.5, 0.6) is 0 Å². The van der Waals surface area contributed by atoms with Gasteiger partial charge in [0.1, 0.15) is 18.0 Å². The van der Waals surface area contributed by atoms with Crippen LogP contribution in [-0.4, -0.2) is 59.4 Å². The summed E-state index contributed by atoms with van der Waals surface area (Å²) < 4.78 is 14.2. The Labute approximate surface area is 172 Å². The normalized spacial score (nSPS) is 22.0.